The third-order valence-corrected chi connectivity index (χ3v) is 3.33. The van der Waals surface area contributed by atoms with Crippen molar-refractivity contribution in [1.29, 1.82) is 0 Å². The van der Waals surface area contributed by atoms with Gasteiger partial charge in [-0.2, -0.15) is 0 Å². The SMILES string of the molecule is O=Cc1ccc(-c2ccc3c(c2)OCCO3)cc1Cl. The lowest BCUT2D eigenvalue weighted by atomic mass is 10.0. The van der Waals surface area contributed by atoms with Gasteiger partial charge in [0.2, 0.25) is 0 Å². The van der Waals surface area contributed by atoms with Crippen LogP contribution in [0.3, 0.4) is 0 Å². The maximum absolute atomic E-state index is 10.7. The third-order valence-electron chi connectivity index (χ3n) is 3.00. The Morgan fingerprint density at radius 3 is 2.37 bits per heavy atom. The zero-order chi connectivity index (χ0) is 13.2. The smallest absolute Gasteiger partial charge is 0.161 e. The summed E-state index contributed by atoms with van der Waals surface area (Å²) in [7, 11) is 0. The lowest BCUT2D eigenvalue weighted by Crippen LogP contribution is -2.15. The van der Waals surface area contributed by atoms with E-state index >= 15 is 0 Å². The number of aldehydes is 1. The number of halogens is 1. The highest BCUT2D eigenvalue weighted by Gasteiger charge is 2.12. The van der Waals surface area contributed by atoms with Crippen molar-refractivity contribution in [3.05, 3.63) is 47.0 Å². The number of fused-ring (bicyclic) bond motifs is 1. The van der Waals surface area contributed by atoms with Gasteiger partial charge >= 0.3 is 0 Å². The van der Waals surface area contributed by atoms with Crippen LogP contribution < -0.4 is 9.47 Å². The lowest BCUT2D eigenvalue weighted by Gasteiger charge is -2.19. The van der Waals surface area contributed by atoms with Gasteiger partial charge in [0.05, 0.1) is 5.02 Å². The molecule has 0 atom stereocenters. The molecule has 19 heavy (non-hydrogen) atoms. The van der Waals surface area contributed by atoms with E-state index in [2.05, 4.69) is 0 Å². The molecule has 96 valence electrons. The van der Waals surface area contributed by atoms with Gasteiger partial charge in [-0.05, 0) is 35.4 Å². The van der Waals surface area contributed by atoms with Crippen molar-refractivity contribution in [2.75, 3.05) is 13.2 Å². The van der Waals surface area contributed by atoms with Crippen LogP contribution in [0, 0.1) is 0 Å². The van der Waals surface area contributed by atoms with Gasteiger partial charge in [-0.15, -0.1) is 0 Å². The number of hydrogen-bond donors (Lipinski definition) is 0. The van der Waals surface area contributed by atoms with E-state index in [4.69, 9.17) is 21.1 Å². The molecule has 1 heterocycles. The molecule has 0 amide bonds. The van der Waals surface area contributed by atoms with E-state index in [-0.39, 0.29) is 0 Å². The van der Waals surface area contributed by atoms with Crippen molar-refractivity contribution in [3.8, 4) is 22.6 Å². The first-order chi connectivity index (χ1) is 9.28. The van der Waals surface area contributed by atoms with Crippen LogP contribution in [0.4, 0.5) is 0 Å². The van der Waals surface area contributed by atoms with Crippen LogP contribution in [0.25, 0.3) is 11.1 Å². The minimum absolute atomic E-state index is 0.447. The molecule has 1 aliphatic heterocycles. The first-order valence-electron chi connectivity index (χ1n) is 5.93. The summed E-state index contributed by atoms with van der Waals surface area (Å²) >= 11 is 6.04. The number of carbonyl (C=O) groups excluding carboxylic acids is 1. The van der Waals surface area contributed by atoms with Gasteiger partial charge in [0.25, 0.3) is 0 Å². The fourth-order valence-electron chi connectivity index (χ4n) is 2.03. The highest BCUT2D eigenvalue weighted by Crippen LogP contribution is 2.35. The van der Waals surface area contributed by atoms with Gasteiger partial charge in [-0.3, -0.25) is 4.79 Å². The van der Waals surface area contributed by atoms with E-state index in [0.29, 0.717) is 23.8 Å². The zero-order valence-electron chi connectivity index (χ0n) is 10.1. The van der Waals surface area contributed by atoms with Crippen LogP contribution in [-0.4, -0.2) is 19.5 Å². The molecule has 3 nitrogen and oxygen atoms in total. The molecule has 0 aromatic heterocycles. The van der Waals surface area contributed by atoms with Crippen molar-refractivity contribution in [2.24, 2.45) is 0 Å². The van der Waals surface area contributed by atoms with Crippen LogP contribution in [0.1, 0.15) is 10.4 Å². The van der Waals surface area contributed by atoms with E-state index in [1.807, 2.05) is 24.3 Å². The van der Waals surface area contributed by atoms with Crippen LogP contribution in [0.2, 0.25) is 5.02 Å². The highest BCUT2D eigenvalue weighted by molar-refractivity contribution is 6.33. The minimum Gasteiger partial charge on any atom is -0.486 e. The number of hydrogen-bond acceptors (Lipinski definition) is 3. The highest BCUT2D eigenvalue weighted by atomic mass is 35.5. The summed E-state index contributed by atoms with van der Waals surface area (Å²) in [5.41, 5.74) is 2.40. The lowest BCUT2D eigenvalue weighted by molar-refractivity contribution is 0.112. The first-order valence-corrected chi connectivity index (χ1v) is 6.30. The van der Waals surface area contributed by atoms with Crippen molar-refractivity contribution in [1.82, 2.24) is 0 Å². The monoisotopic (exact) mass is 274 g/mol. The van der Waals surface area contributed by atoms with Crippen LogP contribution in [0.15, 0.2) is 36.4 Å². The Morgan fingerprint density at radius 2 is 1.63 bits per heavy atom. The number of benzene rings is 2. The fraction of sp³-hybridized carbons (Fsp3) is 0.133. The quantitative estimate of drug-likeness (QED) is 0.785. The van der Waals surface area contributed by atoms with Gasteiger partial charge in [-0.1, -0.05) is 23.7 Å². The zero-order valence-corrected chi connectivity index (χ0v) is 10.8. The predicted molar refractivity (Wildman–Crippen MR) is 73.3 cm³/mol. The number of ether oxygens (including phenoxy) is 2. The summed E-state index contributed by atoms with van der Waals surface area (Å²) in [4.78, 5) is 10.7. The molecule has 0 fully saturated rings. The van der Waals surface area contributed by atoms with E-state index in [1.165, 1.54) is 0 Å². The molecule has 0 spiro atoms. The standard InChI is InChI=1S/C15H11ClO3/c16-13-7-10(1-2-12(13)9-17)11-3-4-14-15(8-11)19-6-5-18-14/h1-4,7-9H,5-6H2. The summed E-state index contributed by atoms with van der Waals surface area (Å²) in [5.74, 6) is 1.49. The summed E-state index contributed by atoms with van der Waals surface area (Å²) in [6, 6.07) is 11.1. The molecule has 0 saturated heterocycles. The van der Waals surface area contributed by atoms with Crippen molar-refractivity contribution in [3.63, 3.8) is 0 Å². The summed E-state index contributed by atoms with van der Waals surface area (Å²) in [6.07, 6.45) is 0.746. The average Bonchev–Trinajstić information content (AvgIpc) is 2.46. The molecule has 0 N–H and O–H groups in total. The van der Waals surface area contributed by atoms with Gasteiger partial charge in [0, 0.05) is 5.56 Å². The molecule has 0 bridgehead atoms. The van der Waals surface area contributed by atoms with E-state index < -0.39 is 0 Å². The van der Waals surface area contributed by atoms with Crippen molar-refractivity contribution < 1.29 is 14.3 Å². The second-order valence-corrected chi connectivity index (χ2v) is 4.62. The van der Waals surface area contributed by atoms with Crippen LogP contribution >= 0.6 is 11.6 Å². The molecule has 2 aromatic carbocycles. The Morgan fingerprint density at radius 1 is 0.947 bits per heavy atom. The Labute approximate surface area is 115 Å². The Kier molecular flexibility index (Phi) is 3.13. The van der Waals surface area contributed by atoms with Crippen molar-refractivity contribution >= 4 is 17.9 Å². The van der Waals surface area contributed by atoms with Crippen LogP contribution in [0.5, 0.6) is 11.5 Å². The molecule has 4 heteroatoms. The van der Waals surface area contributed by atoms with Crippen molar-refractivity contribution in [2.45, 2.75) is 0 Å². The van der Waals surface area contributed by atoms with Gasteiger partial charge < -0.3 is 9.47 Å². The van der Waals surface area contributed by atoms with Gasteiger partial charge in [0.15, 0.2) is 17.8 Å². The third kappa shape index (κ3) is 2.29. The normalized spacial score (nSPS) is 13.1. The van der Waals surface area contributed by atoms with E-state index in [9.17, 15) is 4.79 Å². The molecular formula is C15H11ClO3. The van der Waals surface area contributed by atoms with Gasteiger partial charge in [-0.25, -0.2) is 0 Å². The summed E-state index contributed by atoms with van der Waals surface area (Å²) in [5, 5.41) is 0.447. The second kappa shape index (κ2) is 4.94. The Hall–Kier alpha value is -2.00. The largest absolute Gasteiger partial charge is 0.486 e. The second-order valence-electron chi connectivity index (χ2n) is 4.21. The number of carbonyl (C=O) groups is 1. The minimum atomic E-state index is 0.447. The molecule has 0 saturated carbocycles. The topological polar surface area (TPSA) is 35.5 Å². The average molecular weight is 275 g/mol. The fourth-order valence-corrected chi connectivity index (χ4v) is 2.25. The van der Waals surface area contributed by atoms with E-state index in [1.54, 1.807) is 12.1 Å². The molecule has 1 aliphatic rings. The molecule has 0 unspecified atom stereocenters. The number of rotatable bonds is 2. The summed E-state index contributed by atoms with van der Waals surface area (Å²) < 4.78 is 11.0. The van der Waals surface area contributed by atoms with E-state index in [0.717, 1.165) is 28.9 Å². The summed E-state index contributed by atoms with van der Waals surface area (Å²) in [6.45, 7) is 1.13. The molecular weight excluding hydrogens is 264 g/mol. The van der Waals surface area contributed by atoms with Crippen LogP contribution in [-0.2, 0) is 0 Å². The Bertz CT molecular complexity index is 637. The van der Waals surface area contributed by atoms with Gasteiger partial charge in [0.1, 0.15) is 13.2 Å². The maximum atomic E-state index is 10.7. The predicted octanol–water partition coefficient (Wildman–Crippen LogP) is 3.59. The molecule has 0 radical (unpaired) electrons. The first kappa shape index (κ1) is 12.1. The molecule has 0 aliphatic carbocycles. The molecule has 2 aromatic rings. The maximum Gasteiger partial charge on any atom is 0.161 e. The molecule has 3 rings (SSSR count). The Balaban J connectivity index is 2.02.